The zero-order chi connectivity index (χ0) is 13.4. The summed E-state index contributed by atoms with van der Waals surface area (Å²) in [5.74, 6) is 0.882. The summed E-state index contributed by atoms with van der Waals surface area (Å²) in [5.41, 5.74) is 1.94. The van der Waals surface area contributed by atoms with Gasteiger partial charge in [0.25, 0.3) is 0 Å². The average molecular weight is 320 g/mol. The minimum Gasteiger partial charge on any atom is -0.459 e. The summed E-state index contributed by atoms with van der Waals surface area (Å²) in [6, 6.07) is 10.0. The predicted molar refractivity (Wildman–Crippen MR) is 78.0 cm³/mol. The Bertz CT molecular complexity index is 664. The van der Waals surface area contributed by atoms with Crippen LogP contribution in [0.5, 0.6) is 0 Å². The number of nitrogens with zero attached hydrogens (tertiary/aromatic N) is 2. The maximum Gasteiger partial charge on any atom is 0.134 e. The van der Waals surface area contributed by atoms with Gasteiger partial charge in [-0.05, 0) is 35.1 Å². The Morgan fingerprint density at radius 3 is 2.79 bits per heavy atom. The monoisotopic (exact) mass is 319 g/mol. The largest absolute Gasteiger partial charge is 0.459 e. The van der Waals surface area contributed by atoms with E-state index in [1.165, 1.54) is 0 Å². The summed E-state index contributed by atoms with van der Waals surface area (Å²) < 4.78 is 8.74. The molecule has 0 radical (unpaired) electrons. The molecule has 1 unspecified atom stereocenters. The lowest BCUT2D eigenvalue weighted by atomic mass is 10.1. The number of para-hydroxylation sites is 1. The van der Waals surface area contributed by atoms with Crippen LogP contribution in [0.4, 0.5) is 0 Å². The number of aryl methyl sites for hydroxylation is 1. The molecule has 1 atom stereocenters. The predicted octanol–water partition coefficient (Wildman–Crippen LogP) is 3.24. The highest BCUT2D eigenvalue weighted by atomic mass is 79.9. The molecule has 0 saturated heterocycles. The van der Waals surface area contributed by atoms with Crippen LogP contribution in [0, 0.1) is 0 Å². The molecule has 2 aromatic heterocycles. The molecule has 0 spiro atoms. The third-order valence-corrected chi connectivity index (χ3v) is 3.84. The van der Waals surface area contributed by atoms with E-state index in [9.17, 15) is 0 Å². The molecule has 1 aromatic carbocycles. The second kappa shape index (κ2) is 4.83. The topological polar surface area (TPSA) is 43.0 Å². The van der Waals surface area contributed by atoms with E-state index >= 15 is 0 Å². The second-order valence-corrected chi connectivity index (χ2v) is 5.26. The molecule has 0 fully saturated rings. The summed E-state index contributed by atoms with van der Waals surface area (Å²) >= 11 is 3.53. The van der Waals surface area contributed by atoms with Crippen molar-refractivity contribution in [3.05, 3.63) is 52.5 Å². The van der Waals surface area contributed by atoms with Crippen molar-refractivity contribution >= 4 is 26.9 Å². The smallest absolute Gasteiger partial charge is 0.134 e. The van der Waals surface area contributed by atoms with Crippen LogP contribution in [-0.4, -0.2) is 16.8 Å². The Labute approximate surface area is 119 Å². The van der Waals surface area contributed by atoms with Gasteiger partial charge >= 0.3 is 0 Å². The molecule has 19 heavy (non-hydrogen) atoms. The molecular formula is C14H14BrN3O. The third kappa shape index (κ3) is 2.09. The van der Waals surface area contributed by atoms with Gasteiger partial charge in [0.05, 0.1) is 16.4 Å². The van der Waals surface area contributed by atoms with Crippen molar-refractivity contribution in [3.63, 3.8) is 0 Å². The summed E-state index contributed by atoms with van der Waals surface area (Å²) in [4.78, 5) is 0. The van der Waals surface area contributed by atoms with Crippen LogP contribution in [0.1, 0.15) is 17.5 Å². The fourth-order valence-electron chi connectivity index (χ4n) is 2.30. The van der Waals surface area contributed by atoms with Crippen LogP contribution < -0.4 is 5.32 Å². The summed E-state index contributed by atoms with van der Waals surface area (Å²) in [7, 11) is 3.84. The molecule has 2 heterocycles. The van der Waals surface area contributed by atoms with Gasteiger partial charge in [0.15, 0.2) is 0 Å². The first-order valence-corrected chi connectivity index (χ1v) is 6.83. The number of hydrogen-bond acceptors (Lipinski definition) is 3. The van der Waals surface area contributed by atoms with Gasteiger partial charge in [-0.25, -0.2) is 0 Å². The molecule has 1 N–H and O–H groups in total. The van der Waals surface area contributed by atoms with Crippen LogP contribution in [0.3, 0.4) is 0 Å². The number of benzene rings is 1. The first-order valence-electron chi connectivity index (χ1n) is 6.04. The third-order valence-electron chi connectivity index (χ3n) is 3.23. The maximum atomic E-state index is 5.93. The fraction of sp³-hybridized carbons (Fsp3) is 0.214. The van der Waals surface area contributed by atoms with E-state index in [4.69, 9.17) is 4.42 Å². The van der Waals surface area contributed by atoms with Gasteiger partial charge in [0, 0.05) is 12.4 Å². The molecule has 0 bridgehead atoms. The highest BCUT2D eigenvalue weighted by Crippen LogP contribution is 2.31. The standard InChI is InChI=1S/C14H14BrN3O/c1-16-13(14-10(15)8-17-18(14)2)12-7-9-5-3-4-6-11(9)19-12/h3-8,13,16H,1-2H3. The van der Waals surface area contributed by atoms with Crippen LogP contribution in [-0.2, 0) is 7.05 Å². The fourth-order valence-corrected chi connectivity index (χ4v) is 2.88. The van der Waals surface area contributed by atoms with E-state index in [0.29, 0.717) is 0 Å². The molecule has 4 nitrogen and oxygen atoms in total. The van der Waals surface area contributed by atoms with Crippen LogP contribution in [0.15, 0.2) is 45.4 Å². The Morgan fingerprint density at radius 2 is 2.16 bits per heavy atom. The van der Waals surface area contributed by atoms with Crippen molar-refractivity contribution in [2.45, 2.75) is 6.04 Å². The molecule has 0 amide bonds. The summed E-state index contributed by atoms with van der Waals surface area (Å²) in [6.45, 7) is 0. The van der Waals surface area contributed by atoms with E-state index < -0.39 is 0 Å². The van der Waals surface area contributed by atoms with Crippen LogP contribution in [0.25, 0.3) is 11.0 Å². The van der Waals surface area contributed by atoms with E-state index in [2.05, 4.69) is 32.4 Å². The van der Waals surface area contributed by atoms with Gasteiger partial charge in [-0.2, -0.15) is 5.10 Å². The highest BCUT2D eigenvalue weighted by molar-refractivity contribution is 9.10. The van der Waals surface area contributed by atoms with Crippen LogP contribution in [0.2, 0.25) is 0 Å². The van der Waals surface area contributed by atoms with E-state index in [1.54, 1.807) is 6.20 Å². The molecule has 5 heteroatoms. The molecule has 0 saturated carbocycles. The number of halogens is 1. The Kier molecular flexibility index (Phi) is 3.16. The van der Waals surface area contributed by atoms with Crippen molar-refractivity contribution in [2.24, 2.45) is 7.05 Å². The second-order valence-electron chi connectivity index (χ2n) is 4.41. The molecule has 3 rings (SSSR count). The SMILES string of the molecule is CNC(c1cc2ccccc2o1)c1c(Br)cnn1C. The highest BCUT2D eigenvalue weighted by Gasteiger charge is 2.22. The molecule has 98 valence electrons. The molecular weight excluding hydrogens is 306 g/mol. The zero-order valence-electron chi connectivity index (χ0n) is 10.7. The minimum atomic E-state index is -0.0331. The van der Waals surface area contributed by atoms with Crippen LogP contribution >= 0.6 is 15.9 Å². The van der Waals surface area contributed by atoms with Gasteiger partial charge in [-0.3, -0.25) is 4.68 Å². The zero-order valence-corrected chi connectivity index (χ0v) is 12.3. The van der Waals surface area contributed by atoms with E-state index in [0.717, 1.165) is 26.9 Å². The van der Waals surface area contributed by atoms with Crippen molar-refractivity contribution in [3.8, 4) is 0 Å². The lowest BCUT2D eigenvalue weighted by Crippen LogP contribution is -2.20. The average Bonchev–Trinajstić information content (AvgIpc) is 2.97. The Hall–Kier alpha value is -1.59. The summed E-state index contributed by atoms with van der Waals surface area (Å²) in [5, 5.41) is 8.64. The first-order chi connectivity index (χ1) is 9.20. The van der Waals surface area contributed by atoms with Crippen molar-refractivity contribution in [2.75, 3.05) is 7.05 Å². The maximum absolute atomic E-state index is 5.93. The van der Waals surface area contributed by atoms with Gasteiger partial charge in [0.2, 0.25) is 0 Å². The lowest BCUT2D eigenvalue weighted by Gasteiger charge is -2.14. The van der Waals surface area contributed by atoms with Gasteiger partial charge in [-0.1, -0.05) is 18.2 Å². The van der Waals surface area contributed by atoms with E-state index in [-0.39, 0.29) is 6.04 Å². The first kappa shape index (κ1) is 12.4. The van der Waals surface area contributed by atoms with Gasteiger partial charge in [-0.15, -0.1) is 0 Å². The van der Waals surface area contributed by atoms with Crippen molar-refractivity contribution in [1.29, 1.82) is 0 Å². The molecule has 3 aromatic rings. The molecule has 0 aliphatic rings. The minimum absolute atomic E-state index is 0.0331. The normalized spacial score (nSPS) is 13.0. The Balaban J connectivity index is 2.12. The van der Waals surface area contributed by atoms with Crippen molar-refractivity contribution < 1.29 is 4.42 Å². The molecule has 0 aliphatic heterocycles. The van der Waals surface area contributed by atoms with Gasteiger partial charge < -0.3 is 9.73 Å². The number of rotatable bonds is 3. The van der Waals surface area contributed by atoms with Crippen molar-refractivity contribution in [1.82, 2.24) is 15.1 Å². The summed E-state index contributed by atoms with van der Waals surface area (Å²) in [6.07, 6.45) is 1.79. The lowest BCUT2D eigenvalue weighted by molar-refractivity contribution is 0.472. The molecule has 0 aliphatic carbocycles. The number of hydrogen-bond donors (Lipinski definition) is 1. The Morgan fingerprint density at radius 1 is 1.37 bits per heavy atom. The number of aromatic nitrogens is 2. The number of nitrogens with one attached hydrogen (secondary N) is 1. The van der Waals surface area contributed by atoms with E-state index in [1.807, 2.05) is 43.0 Å². The number of fused-ring (bicyclic) bond motifs is 1. The van der Waals surface area contributed by atoms with Gasteiger partial charge in [0.1, 0.15) is 17.4 Å². The quantitative estimate of drug-likeness (QED) is 0.806. The number of furan rings is 1.